The van der Waals surface area contributed by atoms with Crippen LogP contribution in [0.1, 0.15) is 6.42 Å². The Kier molecular flexibility index (Phi) is 7.38. The van der Waals surface area contributed by atoms with Crippen LogP contribution in [0.3, 0.4) is 0 Å². The maximum atomic E-state index is 12.8. The van der Waals surface area contributed by atoms with E-state index in [1.54, 1.807) is 0 Å². The van der Waals surface area contributed by atoms with E-state index in [1.807, 2.05) is 0 Å². The van der Waals surface area contributed by atoms with E-state index < -0.39 is 29.6 Å². The van der Waals surface area contributed by atoms with Crippen LogP contribution in [0.2, 0.25) is 32.2 Å². The van der Waals surface area contributed by atoms with Gasteiger partial charge in [-0.2, -0.15) is 8.78 Å². The van der Waals surface area contributed by atoms with Crippen LogP contribution in [0.5, 0.6) is 0 Å². The summed E-state index contributed by atoms with van der Waals surface area (Å²) in [6, 6.07) is 10.1. The summed E-state index contributed by atoms with van der Waals surface area (Å²) in [4.78, 5) is 0. The molecule has 0 aromatic heterocycles. The van der Waals surface area contributed by atoms with E-state index in [9.17, 15) is 8.78 Å². The van der Waals surface area contributed by atoms with Crippen LogP contribution in [0.25, 0.3) is 0 Å². The van der Waals surface area contributed by atoms with Gasteiger partial charge in [0.2, 0.25) is 0 Å². The molecule has 0 unspecified atom stereocenters. The number of methoxy groups -OCH3 is 1. The molecule has 2 nitrogen and oxygen atoms in total. The van der Waals surface area contributed by atoms with E-state index in [2.05, 4.69) is 55.2 Å². The van der Waals surface area contributed by atoms with Crippen molar-refractivity contribution < 1.29 is 18.3 Å². The van der Waals surface area contributed by atoms with E-state index >= 15 is 0 Å². The number of hydrogen-bond acceptors (Lipinski definition) is 2. The van der Waals surface area contributed by atoms with E-state index in [0.29, 0.717) is 6.61 Å². The molecular formula is C16H28F2O2Si2. The second kappa shape index (κ2) is 8.33. The van der Waals surface area contributed by atoms with E-state index in [-0.39, 0.29) is 0 Å². The fraction of sp³-hybridized carbons (Fsp3) is 0.625. The lowest BCUT2D eigenvalue weighted by Gasteiger charge is -2.23. The Morgan fingerprint density at radius 2 is 1.73 bits per heavy atom. The average molecular weight is 347 g/mol. The summed E-state index contributed by atoms with van der Waals surface area (Å²) in [7, 11) is -1.28. The monoisotopic (exact) mass is 346 g/mol. The molecule has 0 amide bonds. The minimum atomic E-state index is -3.18. The predicted molar refractivity (Wildman–Crippen MR) is 94.3 cm³/mol. The van der Waals surface area contributed by atoms with Crippen LogP contribution in [0.4, 0.5) is 8.78 Å². The highest BCUT2D eigenvalue weighted by Gasteiger charge is 2.28. The van der Waals surface area contributed by atoms with Crippen molar-refractivity contribution in [2.75, 3.05) is 20.3 Å². The molecule has 1 aromatic rings. The molecule has 126 valence electrons. The normalized spacial score (nSPS) is 12.9. The second-order valence-electron chi connectivity index (χ2n) is 6.66. The molecule has 1 aromatic carbocycles. The molecule has 6 heteroatoms. The van der Waals surface area contributed by atoms with Crippen molar-refractivity contribution in [3.05, 3.63) is 24.3 Å². The van der Waals surface area contributed by atoms with Crippen LogP contribution in [-0.4, -0.2) is 43.3 Å². The number of alkyl halides is 2. The lowest BCUT2D eigenvalue weighted by Crippen LogP contribution is -2.42. The standard InChI is InChI=1S/C16H28F2O2Si2/c1-19-16(17,18)13-20-11-6-12-22(4,5)15-9-7-14(8-10-15)21(2)3/h7-10,21H,6,11-13H2,1-5H3. The summed E-state index contributed by atoms with van der Waals surface area (Å²) < 4.78 is 34.8. The highest BCUT2D eigenvalue weighted by Crippen LogP contribution is 2.16. The van der Waals surface area contributed by atoms with Gasteiger partial charge in [-0.05, 0) is 6.42 Å². The zero-order chi connectivity index (χ0) is 16.8. The van der Waals surface area contributed by atoms with Gasteiger partial charge in [-0.1, -0.05) is 66.9 Å². The van der Waals surface area contributed by atoms with Crippen LogP contribution in [0, 0.1) is 0 Å². The molecule has 0 fully saturated rings. The number of rotatable bonds is 9. The SMILES string of the molecule is COC(F)(F)COCCC[Si](C)(C)c1ccc([SiH](C)C)cc1. The van der Waals surface area contributed by atoms with Gasteiger partial charge < -0.3 is 9.47 Å². The van der Waals surface area contributed by atoms with Gasteiger partial charge in [0.15, 0.2) is 0 Å². The van der Waals surface area contributed by atoms with Gasteiger partial charge in [-0.15, -0.1) is 0 Å². The van der Waals surface area contributed by atoms with Crippen molar-refractivity contribution in [1.29, 1.82) is 0 Å². The number of halogens is 2. The van der Waals surface area contributed by atoms with Crippen molar-refractivity contribution in [3.8, 4) is 0 Å². The Morgan fingerprint density at radius 1 is 1.14 bits per heavy atom. The quantitative estimate of drug-likeness (QED) is 0.506. The van der Waals surface area contributed by atoms with Crippen molar-refractivity contribution >= 4 is 27.2 Å². The zero-order valence-corrected chi connectivity index (χ0v) is 16.4. The van der Waals surface area contributed by atoms with E-state index in [1.165, 1.54) is 10.4 Å². The van der Waals surface area contributed by atoms with E-state index in [4.69, 9.17) is 4.74 Å². The van der Waals surface area contributed by atoms with Gasteiger partial charge in [0, 0.05) is 13.7 Å². The Morgan fingerprint density at radius 3 is 2.23 bits per heavy atom. The largest absolute Gasteiger partial charge is 0.378 e. The van der Waals surface area contributed by atoms with Gasteiger partial charge in [0.1, 0.15) is 6.61 Å². The van der Waals surface area contributed by atoms with Gasteiger partial charge >= 0.3 is 6.11 Å². The maximum Gasteiger partial charge on any atom is 0.378 e. The molecule has 0 heterocycles. The minimum absolute atomic E-state index is 0.354. The first-order chi connectivity index (χ1) is 10.2. The fourth-order valence-corrected chi connectivity index (χ4v) is 5.68. The Hall–Kier alpha value is -0.566. The fourth-order valence-electron chi connectivity index (χ4n) is 2.33. The highest BCUT2D eigenvalue weighted by molar-refractivity contribution is 6.89. The third kappa shape index (κ3) is 6.28. The average Bonchev–Trinajstić information content (AvgIpc) is 2.46. The molecule has 0 saturated heterocycles. The zero-order valence-electron chi connectivity index (χ0n) is 14.3. The van der Waals surface area contributed by atoms with E-state index in [0.717, 1.165) is 19.6 Å². The molecule has 0 aliphatic rings. The number of ether oxygens (including phenoxy) is 2. The second-order valence-corrected chi connectivity index (χ2v) is 14.5. The smallest absolute Gasteiger partial charge is 0.372 e. The first kappa shape index (κ1) is 19.5. The minimum Gasteiger partial charge on any atom is -0.372 e. The van der Waals surface area contributed by atoms with Gasteiger partial charge in [0.25, 0.3) is 0 Å². The molecule has 0 radical (unpaired) electrons. The molecule has 0 spiro atoms. The van der Waals surface area contributed by atoms with Crippen LogP contribution >= 0.6 is 0 Å². The number of hydrogen-bond donors (Lipinski definition) is 0. The van der Waals surface area contributed by atoms with Gasteiger partial charge in [-0.3, -0.25) is 0 Å². The lowest BCUT2D eigenvalue weighted by atomic mass is 10.4. The molecule has 0 saturated carbocycles. The van der Waals surface area contributed by atoms with Gasteiger partial charge in [0.05, 0.1) is 16.9 Å². The third-order valence-electron chi connectivity index (χ3n) is 4.02. The van der Waals surface area contributed by atoms with Crippen molar-refractivity contribution in [2.45, 2.75) is 44.8 Å². The molecule has 0 atom stereocenters. The molecule has 22 heavy (non-hydrogen) atoms. The van der Waals surface area contributed by atoms with Crippen LogP contribution in [0.15, 0.2) is 24.3 Å². The Balaban J connectivity index is 2.43. The molecular weight excluding hydrogens is 318 g/mol. The first-order valence-corrected chi connectivity index (χ1v) is 13.9. The topological polar surface area (TPSA) is 18.5 Å². The van der Waals surface area contributed by atoms with Gasteiger partial charge in [-0.25, -0.2) is 0 Å². The van der Waals surface area contributed by atoms with Crippen molar-refractivity contribution in [3.63, 3.8) is 0 Å². The Bertz CT molecular complexity index is 448. The summed E-state index contributed by atoms with van der Waals surface area (Å²) in [5.74, 6) is 0. The lowest BCUT2D eigenvalue weighted by molar-refractivity contribution is -0.249. The molecule has 0 aliphatic carbocycles. The van der Waals surface area contributed by atoms with Crippen molar-refractivity contribution in [2.24, 2.45) is 0 Å². The molecule has 0 aliphatic heterocycles. The van der Waals surface area contributed by atoms with Crippen LogP contribution in [-0.2, 0) is 9.47 Å². The summed E-state index contributed by atoms with van der Waals surface area (Å²) in [5, 5.41) is 2.91. The molecule has 0 N–H and O–H groups in total. The summed E-state index contributed by atoms with van der Waals surface area (Å²) >= 11 is 0. The predicted octanol–water partition coefficient (Wildman–Crippen LogP) is 2.94. The molecule has 0 bridgehead atoms. The maximum absolute atomic E-state index is 12.8. The first-order valence-electron chi connectivity index (χ1n) is 7.79. The summed E-state index contributed by atoms with van der Waals surface area (Å²) in [6.45, 7) is 8.97. The third-order valence-corrected chi connectivity index (χ3v) is 9.24. The summed E-state index contributed by atoms with van der Waals surface area (Å²) in [6.07, 6.45) is -2.37. The van der Waals surface area contributed by atoms with Crippen LogP contribution < -0.4 is 10.4 Å². The summed E-state index contributed by atoms with van der Waals surface area (Å²) in [5.41, 5.74) is 0. The molecule has 1 rings (SSSR count). The number of benzene rings is 1. The highest BCUT2D eigenvalue weighted by atomic mass is 28.3. The van der Waals surface area contributed by atoms with Crippen molar-refractivity contribution in [1.82, 2.24) is 0 Å². The Labute approximate surface area is 135 Å².